The van der Waals surface area contributed by atoms with E-state index in [1.807, 2.05) is 30.3 Å². The van der Waals surface area contributed by atoms with Crippen LogP contribution in [0.15, 0.2) is 30.3 Å². The molecule has 2 aliphatic rings. The Labute approximate surface area is 123 Å². The van der Waals surface area contributed by atoms with Crippen molar-refractivity contribution in [3.8, 4) is 0 Å². The Morgan fingerprint density at radius 2 is 1.81 bits per heavy atom. The Morgan fingerprint density at radius 3 is 2.43 bits per heavy atom. The third-order valence-electron chi connectivity index (χ3n) is 4.20. The highest BCUT2D eigenvalue weighted by Crippen LogP contribution is 2.40. The fraction of sp³-hybridized carbons (Fsp3) is 0.438. The second-order valence-corrected chi connectivity index (χ2v) is 5.70. The number of hydrogen-bond acceptors (Lipinski definition) is 3. The summed E-state index contributed by atoms with van der Waals surface area (Å²) >= 11 is 0. The molecule has 1 aliphatic heterocycles. The molecule has 0 radical (unpaired) electrons. The first-order valence-electron chi connectivity index (χ1n) is 7.28. The molecule has 0 spiro atoms. The molecule has 1 saturated heterocycles. The number of nitrogens with one attached hydrogen (secondary N) is 1. The quantitative estimate of drug-likeness (QED) is 0.846. The van der Waals surface area contributed by atoms with E-state index < -0.39 is 6.04 Å². The van der Waals surface area contributed by atoms with Crippen LogP contribution in [0.1, 0.15) is 37.7 Å². The third-order valence-corrected chi connectivity index (χ3v) is 4.20. The molecule has 1 aliphatic carbocycles. The van der Waals surface area contributed by atoms with Crippen LogP contribution in [0.2, 0.25) is 0 Å². The van der Waals surface area contributed by atoms with E-state index in [0.717, 1.165) is 11.3 Å². The first-order valence-corrected chi connectivity index (χ1v) is 7.28. The summed E-state index contributed by atoms with van der Waals surface area (Å²) in [6.07, 6.45) is 1.34. The topological polar surface area (TPSA) is 66.5 Å². The Kier molecular flexibility index (Phi) is 3.49. The standard InChI is InChI=1S/C16H18N2O3/c1-10(18-14(19)7-8-15(18)20)16(21)17-13-9-12(13)11-5-3-2-4-6-11/h2-6,10,12-13H,7-9H2,1H3,(H,17,21)/t10-,12+,13-/m1/s1. The van der Waals surface area contributed by atoms with Gasteiger partial charge in [0.05, 0.1) is 0 Å². The monoisotopic (exact) mass is 286 g/mol. The lowest BCUT2D eigenvalue weighted by molar-refractivity contribution is -0.146. The average Bonchev–Trinajstić information content (AvgIpc) is 3.17. The molecule has 110 valence electrons. The molecular formula is C16H18N2O3. The summed E-state index contributed by atoms with van der Waals surface area (Å²) in [5, 5.41) is 2.94. The van der Waals surface area contributed by atoms with Gasteiger partial charge in [-0.3, -0.25) is 19.3 Å². The van der Waals surface area contributed by atoms with Gasteiger partial charge in [-0.2, -0.15) is 0 Å². The van der Waals surface area contributed by atoms with Crippen LogP contribution in [-0.4, -0.2) is 34.7 Å². The minimum Gasteiger partial charge on any atom is -0.351 e. The number of rotatable bonds is 4. The van der Waals surface area contributed by atoms with Crippen molar-refractivity contribution in [3.63, 3.8) is 0 Å². The van der Waals surface area contributed by atoms with Crippen molar-refractivity contribution < 1.29 is 14.4 Å². The SMILES string of the molecule is C[C@H](C(=O)N[C@@H]1C[C@H]1c1ccccc1)N1C(=O)CCC1=O. The highest BCUT2D eigenvalue weighted by atomic mass is 16.2. The molecule has 3 atom stereocenters. The second-order valence-electron chi connectivity index (χ2n) is 5.70. The van der Waals surface area contributed by atoms with Crippen molar-refractivity contribution >= 4 is 17.7 Å². The minimum atomic E-state index is -0.718. The van der Waals surface area contributed by atoms with Crippen LogP contribution in [0, 0.1) is 0 Å². The van der Waals surface area contributed by atoms with Crippen LogP contribution >= 0.6 is 0 Å². The predicted molar refractivity (Wildman–Crippen MR) is 76.3 cm³/mol. The van der Waals surface area contributed by atoms with Crippen LogP contribution in [0.5, 0.6) is 0 Å². The van der Waals surface area contributed by atoms with Gasteiger partial charge in [0.1, 0.15) is 6.04 Å². The lowest BCUT2D eigenvalue weighted by atomic mass is 10.1. The minimum absolute atomic E-state index is 0.107. The zero-order chi connectivity index (χ0) is 15.0. The number of imide groups is 1. The first-order chi connectivity index (χ1) is 10.1. The summed E-state index contributed by atoms with van der Waals surface area (Å²) in [6, 6.07) is 9.42. The average molecular weight is 286 g/mol. The summed E-state index contributed by atoms with van der Waals surface area (Å²) in [6.45, 7) is 1.61. The number of nitrogens with zero attached hydrogens (tertiary/aromatic N) is 1. The van der Waals surface area contributed by atoms with Crippen LogP contribution in [-0.2, 0) is 14.4 Å². The molecule has 0 bridgehead atoms. The Hall–Kier alpha value is -2.17. The van der Waals surface area contributed by atoms with Gasteiger partial charge in [0, 0.05) is 24.8 Å². The van der Waals surface area contributed by atoms with Crippen molar-refractivity contribution in [1.29, 1.82) is 0 Å². The number of amides is 3. The smallest absolute Gasteiger partial charge is 0.243 e. The van der Waals surface area contributed by atoms with Crippen molar-refractivity contribution in [2.24, 2.45) is 0 Å². The van der Waals surface area contributed by atoms with Gasteiger partial charge in [-0.1, -0.05) is 30.3 Å². The summed E-state index contributed by atoms with van der Waals surface area (Å²) in [4.78, 5) is 36.6. The third kappa shape index (κ3) is 2.68. The maximum absolute atomic E-state index is 12.2. The van der Waals surface area contributed by atoms with Crippen LogP contribution in [0.3, 0.4) is 0 Å². The maximum Gasteiger partial charge on any atom is 0.243 e. The Balaban J connectivity index is 1.58. The molecule has 21 heavy (non-hydrogen) atoms. The predicted octanol–water partition coefficient (Wildman–Crippen LogP) is 1.20. The van der Waals surface area contributed by atoms with Gasteiger partial charge >= 0.3 is 0 Å². The maximum atomic E-state index is 12.2. The van der Waals surface area contributed by atoms with Crippen molar-refractivity contribution in [3.05, 3.63) is 35.9 Å². The van der Waals surface area contributed by atoms with Crippen molar-refractivity contribution in [2.75, 3.05) is 0 Å². The van der Waals surface area contributed by atoms with E-state index in [1.165, 1.54) is 5.56 Å². The lowest BCUT2D eigenvalue weighted by Gasteiger charge is -2.21. The van der Waals surface area contributed by atoms with Crippen molar-refractivity contribution in [1.82, 2.24) is 10.2 Å². The van der Waals surface area contributed by atoms with Gasteiger partial charge in [0.2, 0.25) is 17.7 Å². The van der Waals surface area contributed by atoms with Gasteiger partial charge < -0.3 is 5.32 Å². The Bertz CT molecular complexity index is 568. The Morgan fingerprint density at radius 1 is 1.19 bits per heavy atom. The number of benzene rings is 1. The van der Waals surface area contributed by atoms with E-state index in [4.69, 9.17) is 0 Å². The molecule has 3 amide bonds. The summed E-state index contributed by atoms with van der Waals surface area (Å²) in [5.41, 5.74) is 1.21. The lowest BCUT2D eigenvalue weighted by Crippen LogP contribution is -2.48. The molecule has 1 N–H and O–H groups in total. The van der Waals surface area contributed by atoms with Gasteiger partial charge in [-0.15, -0.1) is 0 Å². The second kappa shape index (κ2) is 5.31. The molecule has 1 heterocycles. The van der Waals surface area contributed by atoms with E-state index in [9.17, 15) is 14.4 Å². The normalized spacial score (nSPS) is 25.9. The molecule has 0 unspecified atom stereocenters. The summed E-state index contributed by atoms with van der Waals surface area (Å²) < 4.78 is 0. The van der Waals surface area contributed by atoms with Crippen LogP contribution < -0.4 is 5.32 Å². The molecule has 3 rings (SSSR count). The molecule has 2 fully saturated rings. The number of likely N-dealkylation sites (tertiary alicyclic amines) is 1. The highest BCUT2D eigenvalue weighted by molar-refractivity contribution is 6.05. The van der Waals surface area contributed by atoms with Gasteiger partial charge in [-0.05, 0) is 18.9 Å². The van der Waals surface area contributed by atoms with Crippen molar-refractivity contribution in [2.45, 2.75) is 44.2 Å². The van der Waals surface area contributed by atoms with E-state index >= 15 is 0 Å². The van der Waals surface area contributed by atoms with E-state index in [0.29, 0.717) is 5.92 Å². The molecule has 5 nitrogen and oxygen atoms in total. The fourth-order valence-electron chi connectivity index (χ4n) is 2.87. The van der Waals surface area contributed by atoms with E-state index in [2.05, 4.69) is 5.32 Å². The highest BCUT2D eigenvalue weighted by Gasteiger charge is 2.42. The fourth-order valence-corrected chi connectivity index (χ4v) is 2.87. The summed E-state index contributed by atoms with van der Waals surface area (Å²) in [5.74, 6) is -0.412. The van der Waals surface area contributed by atoms with E-state index in [-0.39, 0.29) is 36.6 Å². The van der Waals surface area contributed by atoms with E-state index in [1.54, 1.807) is 6.92 Å². The van der Waals surface area contributed by atoms with Gasteiger partial charge in [0.15, 0.2) is 0 Å². The molecule has 1 aromatic carbocycles. The number of carbonyl (C=O) groups excluding carboxylic acids is 3. The number of carbonyl (C=O) groups is 3. The van der Waals surface area contributed by atoms with Gasteiger partial charge in [0.25, 0.3) is 0 Å². The number of hydrogen-bond donors (Lipinski definition) is 1. The molecule has 5 heteroatoms. The molecule has 0 aromatic heterocycles. The first kappa shape index (κ1) is 13.8. The van der Waals surface area contributed by atoms with Gasteiger partial charge in [-0.25, -0.2) is 0 Å². The zero-order valence-corrected chi connectivity index (χ0v) is 11.9. The zero-order valence-electron chi connectivity index (χ0n) is 11.9. The largest absolute Gasteiger partial charge is 0.351 e. The molecule has 1 aromatic rings. The van der Waals surface area contributed by atoms with Crippen LogP contribution in [0.25, 0.3) is 0 Å². The molecular weight excluding hydrogens is 268 g/mol. The summed E-state index contributed by atoms with van der Waals surface area (Å²) in [7, 11) is 0. The molecule has 1 saturated carbocycles. The van der Waals surface area contributed by atoms with Crippen LogP contribution in [0.4, 0.5) is 0 Å².